The summed E-state index contributed by atoms with van der Waals surface area (Å²) in [7, 11) is 0. The number of nitrogens with one attached hydrogen (secondary N) is 2. The molecule has 0 aliphatic heterocycles. The third-order valence-electron chi connectivity index (χ3n) is 6.16. The van der Waals surface area contributed by atoms with Gasteiger partial charge in [0.15, 0.2) is 5.11 Å². The topological polar surface area (TPSA) is 76.7 Å². The number of hydrogen-bond donors (Lipinski definition) is 2. The van der Waals surface area contributed by atoms with Crippen molar-refractivity contribution in [3.63, 3.8) is 0 Å². The van der Waals surface area contributed by atoms with E-state index in [0.29, 0.717) is 6.61 Å². The molecule has 2 aromatic rings. The summed E-state index contributed by atoms with van der Waals surface area (Å²) in [5, 5.41) is 5.77. The van der Waals surface area contributed by atoms with Crippen molar-refractivity contribution >= 4 is 34.9 Å². The number of esters is 1. The van der Waals surface area contributed by atoms with Gasteiger partial charge in [0, 0.05) is 12.1 Å². The molecule has 7 heteroatoms. The molecule has 0 heterocycles. The molecule has 1 fully saturated rings. The van der Waals surface area contributed by atoms with Gasteiger partial charge in [-0.25, -0.2) is 0 Å². The molecule has 0 atom stereocenters. The zero-order valence-electron chi connectivity index (χ0n) is 20.3. The van der Waals surface area contributed by atoms with Crippen LogP contribution in [0.4, 0.5) is 5.69 Å². The van der Waals surface area contributed by atoms with Crippen LogP contribution < -0.4 is 15.4 Å². The highest BCUT2D eigenvalue weighted by molar-refractivity contribution is 7.80. The summed E-state index contributed by atoms with van der Waals surface area (Å²) < 4.78 is 11.1. The Morgan fingerprint density at radius 2 is 1.66 bits per heavy atom. The van der Waals surface area contributed by atoms with Gasteiger partial charge >= 0.3 is 5.97 Å². The van der Waals surface area contributed by atoms with Crippen LogP contribution >= 0.6 is 12.2 Å². The lowest BCUT2D eigenvalue weighted by Crippen LogP contribution is -2.34. The van der Waals surface area contributed by atoms with Crippen molar-refractivity contribution in [1.82, 2.24) is 5.32 Å². The number of hydrogen-bond acceptors (Lipinski definition) is 5. The Morgan fingerprint density at radius 3 is 2.40 bits per heavy atom. The summed E-state index contributed by atoms with van der Waals surface area (Å²) in [6.07, 6.45) is 9.47. The molecule has 0 aromatic heterocycles. The summed E-state index contributed by atoms with van der Waals surface area (Å²) >= 11 is 5.21. The first-order chi connectivity index (χ1) is 17.1. The van der Waals surface area contributed by atoms with Crippen molar-refractivity contribution in [3.05, 3.63) is 60.2 Å². The minimum absolute atomic E-state index is 0.0205. The predicted octanol–water partition coefficient (Wildman–Crippen LogP) is 5.81. The quantitative estimate of drug-likeness (QED) is 0.220. The summed E-state index contributed by atoms with van der Waals surface area (Å²) in [6.45, 7) is 1.08. The van der Waals surface area contributed by atoms with Crippen LogP contribution in [0, 0.1) is 5.92 Å². The summed E-state index contributed by atoms with van der Waals surface area (Å²) in [5.41, 5.74) is 1.97. The number of carbonyl (C=O) groups excluding carboxylic acids is 2. The van der Waals surface area contributed by atoms with Gasteiger partial charge < -0.3 is 20.1 Å². The first-order valence-electron chi connectivity index (χ1n) is 12.6. The molecule has 0 spiro atoms. The van der Waals surface area contributed by atoms with E-state index in [9.17, 15) is 9.59 Å². The summed E-state index contributed by atoms with van der Waals surface area (Å²) in [5.74, 6) is 0.910. The molecule has 0 radical (unpaired) electrons. The van der Waals surface area contributed by atoms with E-state index in [1.54, 1.807) is 0 Å². The second-order valence-corrected chi connectivity index (χ2v) is 9.39. The second kappa shape index (κ2) is 15.1. The number of anilines is 1. The molecule has 0 unspecified atom stereocenters. The molecule has 6 nitrogen and oxygen atoms in total. The first kappa shape index (κ1) is 26.7. The predicted molar refractivity (Wildman–Crippen MR) is 142 cm³/mol. The lowest BCUT2D eigenvalue weighted by molar-refractivity contribution is -0.145. The van der Waals surface area contributed by atoms with E-state index in [2.05, 4.69) is 10.6 Å². The fraction of sp³-hybridized carbons (Fsp3) is 0.464. The fourth-order valence-electron chi connectivity index (χ4n) is 4.20. The Kier molecular flexibility index (Phi) is 11.5. The molecule has 2 N–H and O–H groups in total. The number of thiocarbonyl (C=S) groups is 1. The van der Waals surface area contributed by atoms with Gasteiger partial charge in [-0.15, -0.1) is 0 Å². The molecular weight excluding hydrogens is 460 g/mol. The fourth-order valence-corrected chi connectivity index (χ4v) is 4.43. The van der Waals surface area contributed by atoms with Crippen molar-refractivity contribution in [1.29, 1.82) is 0 Å². The second-order valence-electron chi connectivity index (χ2n) is 8.98. The van der Waals surface area contributed by atoms with Crippen LogP contribution in [0.15, 0.2) is 54.6 Å². The van der Waals surface area contributed by atoms with E-state index in [1.807, 2.05) is 54.6 Å². The van der Waals surface area contributed by atoms with Crippen molar-refractivity contribution in [3.8, 4) is 5.75 Å². The molecule has 3 rings (SSSR count). The van der Waals surface area contributed by atoms with Crippen LogP contribution in [0.25, 0.3) is 0 Å². The minimum Gasteiger partial charge on any atom is -0.494 e. The third kappa shape index (κ3) is 10.9. The Labute approximate surface area is 213 Å². The smallest absolute Gasteiger partial charge is 0.306 e. The summed E-state index contributed by atoms with van der Waals surface area (Å²) in [4.78, 5) is 24.0. The minimum atomic E-state index is -0.383. The number of carbonyl (C=O) groups is 2. The highest BCUT2D eigenvalue weighted by Gasteiger charge is 2.13. The van der Waals surface area contributed by atoms with Gasteiger partial charge in [0.05, 0.1) is 19.6 Å². The van der Waals surface area contributed by atoms with Crippen molar-refractivity contribution in [2.45, 2.75) is 64.2 Å². The Bertz CT molecular complexity index is 928. The van der Waals surface area contributed by atoms with Crippen LogP contribution in [0.3, 0.4) is 0 Å². The normalized spacial score (nSPS) is 13.6. The van der Waals surface area contributed by atoms with Crippen LogP contribution in [0.1, 0.15) is 63.4 Å². The monoisotopic (exact) mass is 496 g/mol. The molecule has 1 amide bonds. The maximum Gasteiger partial charge on any atom is 0.306 e. The Hall–Kier alpha value is -2.93. The van der Waals surface area contributed by atoms with Crippen molar-refractivity contribution in [2.75, 3.05) is 18.5 Å². The van der Waals surface area contributed by atoms with E-state index >= 15 is 0 Å². The molecule has 0 saturated heterocycles. The van der Waals surface area contributed by atoms with E-state index in [-0.39, 0.29) is 29.8 Å². The molecule has 188 valence electrons. The van der Waals surface area contributed by atoms with Gasteiger partial charge in [-0.05, 0) is 67.2 Å². The van der Waals surface area contributed by atoms with Crippen molar-refractivity contribution in [2.24, 2.45) is 5.92 Å². The molecule has 2 aromatic carbocycles. The largest absolute Gasteiger partial charge is 0.494 e. The van der Waals surface area contributed by atoms with E-state index < -0.39 is 0 Å². The lowest BCUT2D eigenvalue weighted by atomic mass is 9.87. The number of benzene rings is 2. The van der Waals surface area contributed by atoms with Crippen LogP contribution in [0.5, 0.6) is 5.75 Å². The van der Waals surface area contributed by atoms with E-state index in [4.69, 9.17) is 21.7 Å². The van der Waals surface area contributed by atoms with E-state index in [1.165, 1.54) is 37.7 Å². The molecule has 1 aliphatic carbocycles. The van der Waals surface area contributed by atoms with Crippen LogP contribution in [0.2, 0.25) is 0 Å². The van der Waals surface area contributed by atoms with Gasteiger partial charge in [-0.1, -0.05) is 62.4 Å². The van der Waals surface area contributed by atoms with Gasteiger partial charge in [0.25, 0.3) is 0 Å². The van der Waals surface area contributed by atoms with Gasteiger partial charge in [-0.2, -0.15) is 0 Å². The van der Waals surface area contributed by atoms with Crippen LogP contribution in [-0.4, -0.2) is 30.2 Å². The van der Waals surface area contributed by atoms with E-state index in [0.717, 1.165) is 43.2 Å². The van der Waals surface area contributed by atoms with Gasteiger partial charge in [0.2, 0.25) is 5.91 Å². The number of rotatable bonds is 12. The zero-order valence-corrected chi connectivity index (χ0v) is 21.1. The standard InChI is InChI=1S/C28H36N2O4S/c31-26(17-18-27(32)34-20-7-12-22-8-3-1-4-9-22)30-28(35)29-24-13-15-25(16-14-24)33-21-19-23-10-5-2-6-11-23/h1,3-4,8-9,13-16,23H,2,5-7,10-12,17-21H2,(H2,29,30,31,35). The van der Waals surface area contributed by atoms with Crippen LogP contribution in [-0.2, 0) is 20.7 Å². The highest BCUT2D eigenvalue weighted by atomic mass is 32.1. The average molecular weight is 497 g/mol. The van der Waals surface area contributed by atoms with Gasteiger partial charge in [-0.3, -0.25) is 9.59 Å². The molecular formula is C28H36N2O4S. The number of ether oxygens (including phenoxy) is 2. The Morgan fingerprint density at radius 1 is 0.914 bits per heavy atom. The van der Waals surface area contributed by atoms with Crippen molar-refractivity contribution < 1.29 is 19.1 Å². The molecule has 1 aliphatic rings. The number of amides is 1. The maximum absolute atomic E-state index is 12.1. The SMILES string of the molecule is O=C(CCC(=O)OCCCc1ccccc1)NC(=S)Nc1ccc(OCCC2CCCCC2)cc1. The highest BCUT2D eigenvalue weighted by Crippen LogP contribution is 2.26. The van der Waals surface area contributed by atoms with Gasteiger partial charge in [0.1, 0.15) is 5.75 Å². The third-order valence-corrected chi connectivity index (χ3v) is 6.36. The average Bonchev–Trinajstić information content (AvgIpc) is 2.88. The summed E-state index contributed by atoms with van der Waals surface area (Å²) in [6, 6.07) is 17.5. The zero-order chi connectivity index (χ0) is 24.7. The lowest BCUT2D eigenvalue weighted by Gasteiger charge is -2.21. The molecule has 1 saturated carbocycles. The maximum atomic E-state index is 12.1. The first-order valence-corrected chi connectivity index (χ1v) is 13.0. The number of aryl methyl sites for hydroxylation is 1. The Balaban J connectivity index is 1.25. The molecule has 0 bridgehead atoms. The molecule has 35 heavy (non-hydrogen) atoms.